The average Bonchev–Trinajstić information content (AvgIpc) is 2.70. The zero-order valence-corrected chi connectivity index (χ0v) is 10.7. The summed E-state index contributed by atoms with van der Waals surface area (Å²) in [6.07, 6.45) is 5.48. The Morgan fingerprint density at radius 1 is 1.71 bits per heavy atom. The normalized spacial score (nSPS) is 12.8. The molecule has 0 saturated carbocycles. The van der Waals surface area contributed by atoms with E-state index in [9.17, 15) is 4.79 Å². The lowest BCUT2D eigenvalue weighted by atomic mass is 10.1. The molecule has 17 heavy (non-hydrogen) atoms. The molecule has 1 rings (SSSR count). The van der Waals surface area contributed by atoms with Crippen molar-refractivity contribution in [2.75, 3.05) is 7.05 Å². The summed E-state index contributed by atoms with van der Waals surface area (Å²) in [7, 11) is 3.79. The van der Waals surface area contributed by atoms with E-state index in [0.717, 1.165) is 18.4 Å². The first kappa shape index (κ1) is 13.7. The predicted octanol–water partition coefficient (Wildman–Crippen LogP) is 0.0105. The van der Waals surface area contributed by atoms with Crippen molar-refractivity contribution in [3.05, 3.63) is 18.0 Å². The molecule has 1 heterocycles. The lowest BCUT2D eigenvalue weighted by Crippen LogP contribution is -2.47. The molecular formula is C11H21N5O. The number of aromatic nitrogens is 2. The molecule has 1 aromatic rings. The molecule has 0 saturated heterocycles. The highest BCUT2D eigenvalue weighted by Crippen LogP contribution is 2.09. The van der Waals surface area contributed by atoms with Crippen molar-refractivity contribution in [2.24, 2.45) is 12.9 Å². The number of carbonyl (C=O) groups excluding carboxylic acids is 1. The highest BCUT2D eigenvalue weighted by atomic mass is 16.2. The minimum Gasteiger partial charge on any atom is -0.293 e. The third-order valence-corrected chi connectivity index (χ3v) is 2.73. The van der Waals surface area contributed by atoms with Gasteiger partial charge in [0.1, 0.15) is 0 Å². The molecule has 96 valence electrons. The van der Waals surface area contributed by atoms with E-state index in [1.165, 1.54) is 0 Å². The fraction of sp³-hybridized carbons (Fsp3) is 0.636. The summed E-state index contributed by atoms with van der Waals surface area (Å²) < 4.78 is 1.75. The van der Waals surface area contributed by atoms with Crippen LogP contribution in [0.4, 0.5) is 0 Å². The molecule has 1 aromatic heterocycles. The van der Waals surface area contributed by atoms with Crippen LogP contribution in [0, 0.1) is 0 Å². The van der Waals surface area contributed by atoms with Gasteiger partial charge in [0.15, 0.2) is 0 Å². The largest absolute Gasteiger partial charge is 0.293 e. The van der Waals surface area contributed by atoms with Crippen LogP contribution in [-0.4, -0.2) is 33.7 Å². The average molecular weight is 239 g/mol. The summed E-state index contributed by atoms with van der Waals surface area (Å²) in [4.78, 5) is 13.6. The van der Waals surface area contributed by atoms with E-state index in [1.54, 1.807) is 10.9 Å². The minimum absolute atomic E-state index is 0.141. The maximum Gasteiger partial charge on any atom is 0.251 e. The van der Waals surface area contributed by atoms with Gasteiger partial charge in [0.05, 0.1) is 12.2 Å². The van der Waals surface area contributed by atoms with Crippen molar-refractivity contribution in [3.63, 3.8) is 0 Å². The topological polar surface area (TPSA) is 76.2 Å². The van der Waals surface area contributed by atoms with Gasteiger partial charge in [-0.1, -0.05) is 13.3 Å². The molecule has 0 fully saturated rings. The monoisotopic (exact) mass is 239 g/mol. The van der Waals surface area contributed by atoms with Crippen molar-refractivity contribution in [1.82, 2.24) is 20.1 Å². The van der Waals surface area contributed by atoms with Gasteiger partial charge < -0.3 is 0 Å². The zero-order valence-electron chi connectivity index (χ0n) is 10.7. The SMILES string of the molecule is CCCC(C(=O)NN)N(C)Cc1cnn(C)c1. The number of carbonyl (C=O) groups is 1. The Labute approximate surface area is 102 Å². The van der Waals surface area contributed by atoms with Gasteiger partial charge in [0.25, 0.3) is 5.91 Å². The van der Waals surface area contributed by atoms with Gasteiger partial charge in [-0.3, -0.25) is 19.8 Å². The second-order valence-corrected chi connectivity index (χ2v) is 4.25. The maximum absolute atomic E-state index is 11.6. The first-order valence-electron chi connectivity index (χ1n) is 5.76. The molecule has 1 atom stereocenters. The van der Waals surface area contributed by atoms with Crippen LogP contribution in [0.5, 0.6) is 0 Å². The lowest BCUT2D eigenvalue weighted by Gasteiger charge is -2.25. The maximum atomic E-state index is 11.6. The second-order valence-electron chi connectivity index (χ2n) is 4.25. The Balaban J connectivity index is 2.64. The molecule has 3 N–H and O–H groups in total. The summed E-state index contributed by atoms with van der Waals surface area (Å²) in [6.45, 7) is 2.74. The van der Waals surface area contributed by atoms with Gasteiger partial charge in [-0.05, 0) is 13.5 Å². The van der Waals surface area contributed by atoms with Crippen molar-refractivity contribution in [3.8, 4) is 0 Å². The van der Waals surface area contributed by atoms with Crippen molar-refractivity contribution in [2.45, 2.75) is 32.4 Å². The van der Waals surface area contributed by atoms with E-state index in [-0.39, 0.29) is 11.9 Å². The summed E-state index contributed by atoms with van der Waals surface area (Å²) in [5, 5.41) is 4.10. The van der Waals surface area contributed by atoms with Crippen LogP contribution >= 0.6 is 0 Å². The third-order valence-electron chi connectivity index (χ3n) is 2.73. The van der Waals surface area contributed by atoms with Gasteiger partial charge >= 0.3 is 0 Å². The molecule has 6 heteroatoms. The molecule has 0 aliphatic heterocycles. The number of hydrogen-bond acceptors (Lipinski definition) is 4. The molecule has 0 aromatic carbocycles. The highest BCUT2D eigenvalue weighted by molar-refractivity contribution is 5.81. The van der Waals surface area contributed by atoms with E-state index >= 15 is 0 Å². The summed E-state index contributed by atoms with van der Waals surface area (Å²) in [6, 6.07) is -0.190. The first-order chi connectivity index (χ1) is 8.08. The summed E-state index contributed by atoms with van der Waals surface area (Å²) in [5.41, 5.74) is 3.30. The van der Waals surface area contributed by atoms with E-state index in [2.05, 4.69) is 17.4 Å². The molecule has 1 unspecified atom stereocenters. The van der Waals surface area contributed by atoms with Gasteiger partial charge in [-0.25, -0.2) is 5.84 Å². The Bertz CT molecular complexity index is 362. The minimum atomic E-state index is -0.190. The van der Waals surface area contributed by atoms with Crippen LogP contribution in [0.25, 0.3) is 0 Å². The Hall–Kier alpha value is -1.40. The van der Waals surface area contributed by atoms with Crippen LogP contribution in [0.1, 0.15) is 25.3 Å². The van der Waals surface area contributed by atoms with Crippen LogP contribution in [0.2, 0.25) is 0 Å². The number of aryl methyl sites for hydroxylation is 1. The van der Waals surface area contributed by atoms with Crippen LogP contribution in [0.3, 0.4) is 0 Å². The van der Waals surface area contributed by atoms with Gasteiger partial charge in [-0.2, -0.15) is 5.10 Å². The third kappa shape index (κ3) is 3.83. The molecule has 0 radical (unpaired) electrons. The number of nitrogens with one attached hydrogen (secondary N) is 1. The number of likely N-dealkylation sites (N-methyl/N-ethyl adjacent to an activating group) is 1. The number of hydrogen-bond donors (Lipinski definition) is 2. The van der Waals surface area contributed by atoms with E-state index in [0.29, 0.717) is 6.54 Å². The number of nitrogens with two attached hydrogens (primary N) is 1. The van der Waals surface area contributed by atoms with Crippen LogP contribution < -0.4 is 11.3 Å². The molecule has 0 bridgehead atoms. The Kier molecular flexibility index (Phi) is 5.11. The van der Waals surface area contributed by atoms with Crippen molar-refractivity contribution < 1.29 is 4.79 Å². The van der Waals surface area contributed by atoms with Gasteiger partial charge in [-0.15, -0.1) is 0 Å². The molecular weight excluding hydrogens is 218 g/mol. The number of hydrazine groups is 1. The van der Waals surface area contributed by atoms with Crippen molar-refractivity contribution in [1.29, 1.82) is 0 Å². The smallest absolute Gasteiger partial charge is 0.251 e. The molecule has 6 nitrogen and oxygen atoms in total. The molecule has 0 aliphatic rings. The quantitative estimate of drug-likeness (QED) is 0.416. The van der Waals surface area contributed by atoms with Gasteiger partial charge in [0, 0.05) is 25.4 Å². The number of rotatable bonds is 6. The second kappa shape index (κ2) is 6.36. The standard InChI is InChI=1S/C11H21N5O/c1-4-5-10(11(17)14-12)15(2)7-9-6-13-16(3)8-9/h6,8,10H,4-5,7,12H2,1-3H3,(H,14,17). The Morgan fingerprint density at radius 2 is 2.41 bits per heavy atom. The fourth-order valence-corrected chi connectivity index (χ4v) is 1.87. The lowest BCUT2D eigenvalue weighted by molar-refractivity contribution is -0.126. The van der Waals surface area contributed by atoms with E-state index < -0.39 is 0 Å². The fourth-order valence-electron chi connectivity index (χ4n) is 1.87. The zero-order chi connectivity index (χ0) is 12.8. The predicted molar refractivity (Wildman–Crippen MR) is 65.7 cm³/mol. The Morgan fingerprint density at radius 3 is 2.88 bits per heavy atom. The molecule has 0 aliphatic carbocycles. The number of nitrogens with zero attached hydrogens (tertiary/aromatic N) is 3. The molecule has 0 spiro atoms. The first-order valence-corrected chi connectivity index (χ1v) is 5.76. The van der Waals surface area contributed by atoms with E-state index in [1.807, 2.05) is 25.2 Å². The van der Waals surface area contributed by atoms with Crippen LogP contribution in [-0.2, 0) is 18.4 Å². The molecule has 1 amide bonds. The van der Waals surface area contributed by atoms with Crippen LogP contribution in [0.15, 0.2) is 12.4 Å². The number of amides is 1. The summed E-state index contributed by atoms with van der Waals surface area (Å²) >= 11 is 0. The van der Waals surface area contributed by atoms with E-state index in [4.69, 9.17) is 5.84 Å². The summed E-state index contributed by atoms with van der Waals surface area (Å²) in [5.74, 6) is 5.06. The van der Waals surface area contributed by atoms with Gasteiger partial charge in [0.2, 0.25) is 0 Å². The van der Waals surface area contributed by atoms with Crippen molar-refractivity contribution >= 4 is 5.91 Å². The highest BCUT2D eigenvalue weighted by Gasteiger charge is 2.21.